The normalized spacial score (nSPS) is 10.4. The SMILES string of the molecule is Cc1cc(C)cc(OCCCOCCN)c1. The predicted octanol–water partition coefficient (Wildman–Crippen LogP) is 2.05. The van der Waals surface area contributed by atoms with Crippen LogP contribution < -0.4 is 10.5 Å². The molecule has 0 saturated carbocycles. The molecule has 90 valence electrons. The third-order valence-electron chi connectivity index (χ3n) is 2.16. The van der Waals surface area contributed by atoms with Gasteiger partial charge in [0.25, 0.3) is 0 Å². The van der Waals surface area contributed by atoms with Crippen molar-refractivity contribution in [3.05, 3.63) is 29.3 Å². The van der Waals surface area contributed by atoms with Gasteiger partial charge in [0.1, 0.15) is 5.75 Å². The number of ether oxygens (including phenoxy) is 2. The van der Waals surface area contributed by atoms with Gasteiger partial charge in [-0.25, -0.2) is 0 Å². The second kappa shape index (κ2) is 7.25. The summed E-state index contributed by atoms with van der Waals surface area (Å²) in [6.45, 7) is 6.76. The number of rotatable bonds is 7. The lowest BCUT2D eigenvalue weighted by atomic mass is 10.1. The van der Waals surface area contributed by atoms with Gasteiger partial charge in [-0.3, -0.25) is 0 Å². The molecule has 0 aliphatic heterocycles. The summed E-state index contributed by atoms with van der Waals surface area (Å²) in [7, 11) is 0. The molecule has 0 unspecified atom stereocenters. The first-order chi connectivity index (χ1) is 7.72. The van der Waals surface area contributed by atoms with E-state index in [4.69, 9.17) is 15.2 Å². The van der Waals surface area contributed by atoms with Crippen LogP contribution in [-0.2, 0) is 4.74 Å². The Bertz CT molecular complexity index is 293. The van der Waals surface area contributed by atoms with Gasteiger partial charge in [-0.15, -0.1) is 0 Å². The van der Waals surface area contributed by atoms with E-state index in [-0.39, 0.29) is 0 Å². The maximum atomic E-state index is 5.64. The van der Waals surface area contributed by atoms with Crippen molar-refractivity contribution < 1.29 is 9.47 Å². The quantitative estimate of drug-likeness (QED) is 0.719. The Hall–Kier alpha value is -1.06. The minimum absolute atomic E-state index is 0.581. The van der Waals surface area contributed by atoms with E-state index in [2.05, 4.69) is 19.9 Å². The van der Waals surface area contributed by atoms with E-state index in [1.807, 2.05) is 12.1 Å². The molecule has 1 rings (SSSR count). The second-order valence-electron chi connectivity index (χ2n) is 3.93. The fourth-order valence-corrected chi connectivity index (χ4v) is 1.55. The van der Waals surface area contributed by atoms with Gasteiger partial charge < -0.3 is 15.2 Å². The summed E-state index contributed by atoms with van der Waals surface area (Å²) in [6, 6.07) is 6.23. The highest BCUT2D eigenvalue weighted by Gasteiger charge is 1.96. The van der Waals surface area contributed by atoms with Gasteiger partial charge in [0.05, 0.1) is 13.2 Å². The van der Waals surface area contributed by atoms with Crippen molar-refractivity contribution in [2.75, 3.05) is 26.4 Å². The van der Waals surface area contributed by atoms with Crippen LogP contribution in [0, 0.1) is 13.8 Å². The fraction of sp³-hybridized carbons (Fsp3) is 0.538. The van der Waals surface area contributed by atoms with Gasteiger partial charge in [-0.05, 0) is 37.1 Å². The van der Waals surface area contributed by atoms with E-state index < -0.39 is 0 Å². The first-order valence-corrected chi connectivity index (χ1v) is 5.71. The molecule has 3 nitrogen and oxygen atoms in total. The largest absolute Gasteiger partial charge is 0.493 e. The van der Waals surface area contributed by atoms with Gasteiger partial charge in [-0.2, -0.15) is 0 Å². The fourth-order valence-electron chi connectivity index (χ4n) is 1.55. The molecular weight excluding hydrogens is 202 g/mol. The zero-order valence-corrected chi connectivity index (χ0v) is 10.2. The van der Waals surface area contributed by atoms with E-state index >= 15 is 0 Å². The Morgan fingerprint density at radius 2 is 1.69 bits per heavy atom. The van der Waals surface area contributed by atoms with Crippen molar-refractivity contribution >= 4 is 0 Å². The molecule has 0 radical (unpaired) electrons. The maximum Gasteiger partial charge on any atom is 0.119 e. The van der Waals surface area contributed by atoms with Gasteiger partial charge in [0, 0.05) is 19.6 Å². The molecule has 0 amide bonds. The first-order valence-electron chi connectivity index (χ1n) is 5.71. The van der Waals surface area contributed by atoms with Crippen LogP contribution in [0.15, 0.2) is 18.2 Å². The highest BCUT2D eigenvalue weighted by molar-refractivity contribution is 5.32. The molecule has 0 atom stereocenters. The summed E-state index contributed by atoms with van der Waals surface area (Å²) in [5.74, 6) is 0.941. The molecule has 0 aromatic heterocycles. The summed E-state index contributed by atoms with van der Waals surface area (Å²) >= 11 is 0. The van der Waals surface area contributed by atoms with Crippen molar-refractivity contribution in [3.8, 4) is 5.75 Å². The average Bonchev–Trinajstić information content (AvgIpc) is 2.22. The zero-order valence-electron chi connectivity index (χ0n) is 10.2. The summed E-state index contributed by atoms with van der Waals surface area (Å²) < 4.78 is 10.9. The Labute approximate surface area is 97.6 Å². The molecule has 1 aromatic rings. The van der Waals surface area contributed by atoms with E-state index in [0.717, 1.165) is 12.2 Å². The van der Waals surface area contributed by atoms with Crippen LogP contribution in [0.1, 0.15) is 17.5 Å². The molecule has 1 aromatic carbocycles. The Kier molecular flexibility index (Phi) is 5.90. The van der Waals surface area contributed by atoms with E-state index in [1.165, 1.54) is 11.1 Å². The third-order valence-corrected chi connectivity index (χ3v) is 2.16. The van der Waals surface area contributed by atoms with Crippen LogP contribution in [0.2, 0.25) is 0 Å². The minimum atomic E-state index is 0.581. The minimum Gasteiger partial charge on any atom is -0.493 e. The summed E-state index contributed by atoms with van der Waals surface area (Å²) in [6.07, 6.45) is 0.896. The number of aryl methyl sites for hydroxylation is 2. The van der Waals surface area contributed by atoms with Crippen LogP contribution in [0.3, 0.4) is 0 Å². The predicted molar refractivity (Wildman–Crippen MR) is 65.9 cm³/mol. The summed E-state index contributed by atoms with van der Waals surface area (Å²) in [5.41, 5.74) is 7.77. The smallest absolute Gasteiger partial charge is 0.119 e. The van der Waals surface area contributed by atoms with Crippen molar-refractivity contribution in [2.24, 2.45) is 5.73 Å². The Morgan fingerprint density at radius 1 is 1.00 bits per heavy atom. The summed E-state index contributed by atoms with van der Waals surface area (Å²) in [4.78, 5) is 0. The first kappa shape index (κ1) is 13.0. The van der Waals surface area contributed by atoms with Crippen molar-refractivity contribution in [3.63, 3.8) is 0 Å². The molecule has 0 fully saturated rings. The van der Waals surface area contributed by atoms with Crippen LogP contribution in [0.25, 0.3) is 0 Å². The molecular formula is C13H21NO2. The molecule has 2 N–H and O–H groups in total. The van der Waals surface area contributed by atoms with Crippen LogP contribution in [0.4, 0.5) is 0 Å². The molecule has 0 heterocycles. The molecule has 0 saturated heterocycles. The molecule has 0 aliphatic rings. The topological polar surface area (TPSA) is 44.5 Å². The average molecular weight is 223 g/mol. The number of benzene rings is 1. The van der Waals surface area contributed by atoms with Gasteiger partial charge in [-0.1, -0.05) is 6.07 Å². The van der Waals surface area contributed by atoms with Crippen molar-refractivity contribution in [2.45, 2.75) is 20.3 Å². The zero-order chi connectivity index (χ0) is 11.8. The molecule has 0 aliphatic carbocycles. The van der Waals surface area contributed by atoms with E-state index in [9.17, 15) is 0 Å². The Balaban J connectivity index is 2.21. The Morgan fingerprint density at radius 3 is 2.31 bits per heavy atom. The van der Waals surface area contributed by atoms with Crippen LogP contribution in [-0.4, -0.2) is 26.4 Å². The number of hydrogen-bond donors (Lipinski definition) is 1. The second-order valence-corrected chi connectivity index (χ2v) is 3.93. The molecule has 16 heavy (non-hydrogen) atoms. The number of hydrogen-bond acceptors (Lipinski definition) is 3. The van der Waals surface area contributed by atoms with E-state index in [1.54, 1.807) is 0 Å². The van der Waals surface area contributed by atoms with Crippen molar-refractivity contribution in [1.29, 1.82) is 0 Å². The lowest BCUT2D eigenvalue weighted by Gasteiger charge is -2.08. The highest BCUT2D eigenvalue weighted by Crippen LogP contribution is 2.16. The van der Waals surface area contributed by atoms with E-state index in [0.29, 0.717) is 26.4 Å². The van der Waals surface area contributed by atoms with Crippen molar-refractivity contribution in [1.82, 2.24) is 0 Å². The molecule has 0 bridgehead atoms. The van der Waals surface area contributed by atoms with Gasteiger partial charge >= 0.3 is 0 Å². The lowest BCUT2D eigenvalue weighted by Crippen LogP contribution is -2.10. The maximum absolute atomic E-state index is 5.64. The van der Waals surface area contributed by atoms with Gasteiger partial charge in [0.2, 0.25) is 0 Å². The van der Waals surface area contributed by atoms with Gasteiger partial charge in [0.15, 0.2) is 0 Å². The third kappa shape index (κ3) is 5.14. The molecule has 0 spiro atoms. The highest BCUT2D eigenvalue weighted by atomic mass is 16.5. The summed E-state index contributed by atoms with van der Waals surface area (Å²) in [5, 5.41) is 0. The van der Waals surface area contributed by atoms with Crippen LogP contribution >= 0.6 is 0 Å². The lowest BCUT2D eigenvalue weighted by molar-refractivity contribution is 0.126. The van der Waals surface area contributed by atoms with Crippen LogP contribution in [0.5, 0.6) is 5.75 Å². The molecule has 3 heteroatoms. The monoisotopic (exact) mass is 223 g/mol. The number of nitrogens with two attached hydrogens (primary N) is 1. The standard InChI is InChI=1S/C13H21NO2/c1-11-8-12(2)10-13(9-11)16-6-3-5-15-7-4-14/h8-10H,3-7,14H2,1-2H3.